The summed E-state index contributed by atoms with van der Waals surface area (Å²) in [6.07, 6.45) is 0.174. The van der Waals surface area contributed by atoms with E-state index in [4.69, 9.17) is 5.11 Å². The normalized spacial score (nSPS) is 12.4. The fraction of sp³-hybridized carbons (Fsp3) is 0.533. The number of aryl methyl sites for hydroxylation is 2. The van der Waals surface area contributed by atoms with E-state index in [0.29, 0.717) is 0 Å². The van der Waals surface area contributed by atoms with E-state index in [-0.39, 0.29) is 18.6 Å². The highest BCUT2D eigenvalue weighted by molar-refractivity contribution is 7.88. The van der Waals surface area contributed by atoms with Gasteiger partial charge >= 0.3 is 5.97 Å². The topological polar surface area (TPSA) is 83.5 Å². The van der Waals surface area contributed by atoms with E-state index in [2.05, 4.69) is 4.72 Å². The molecule has 0 fully saturated rings. The molecule has 0 aliphatic carbocycles. The molecule has 0 bridgehead atoms. The van der Waals surface area contributed by atoms with Gasteiger partial charge in [0.05, 0.1) is 5.75 Å². The maximum Gasteiger partial charge on any atom is 0.303 e. The first kappa shape index (κ1) is 17.7. The van der Waals surface area contributed by atoms with Crippen molar-refractivity contribution in [3.8, 4) is 0 Å². The average Bonchev–Trinajstić information content (AvgIpc) is 2.30. The van der Waals surface area contributed by atoms with Crippen LogP contribution in [0.2, 0.25) is 0 Å². The Morgan fingerprint density at radius 3 is 2.38 bits per heavy atom. The molecule has 0 saturated heterocycles. The summed E-state index contributed by atoms with van der Waals surface area (Å²) in [6.45, 7) is 7.29. The third-order valence-electron chi connectivity index (χ3n) is 3.32. The predicted molar refractivity (Wildman–Crippen MR) is 82.6 cm³/mol. The van der Waals surface area contributed by atoms with E-state index in [1.165, 1.54) is 0 Å². The maximum absolute atomic E-state index is 12.2. The lowest BCUT2D eigenvalue weighted by molar-refractivity contribution is -0.137. The molecule has 5 nitrogen and oxygen atoms in total. The van der Waals surface area contributed by atoms with Crippen LogP contribution in [-0.4, -0.2) is 25.0 Å². The largest absolute Gasteiger partial charge is 0.481 e. The molecule has 1 rings (SSSR count). The fourth-order valence-electron chi connectivity index (χ4n) is 2.04. The molecule has 21 heavy (non-hydrogen) atoms. The van der Waals surface area contributed by atoms with Gasteiger partial charge in [0.2, 0.25) is 10.0 Å². The van der Waals surface area contributed by atoms with Gasteiger partial charge in [0.1, 0.15) is 0 Å². The van der Waals surface area contributed by atoms with Gasteiger partial charge in [-0.2, -0.15) is 0 Å². The van der Waals surface area contributed by atoms with Crippen LogP contribution in [0.4, 0.5) is 0 Å². The number of benzene rings is 1. The van der Waals surface area contributed by atoms with Crippen LogP contribution in [0.1, 0.15) is 43.4 Å². The number of aliphatic carboxylic acids is 1. The molecular formula is C15H23NO4S. The van der Waals surface area contributed by atoms with Crippen molar-refractivity contribution in [3.63, 3.8) is 0 Å². The smallest absolute Gasteiger partial charge is 0.303 e. The summed E-state index contributed by atoms with van der Waals surface area (Å²) in [6, 6.07) is 5.56. The zero-order valence-corrected chi connectivity index (χ0v) is 13.8. The average molecular weight is 313 g/mol. The highest BCUT2D eigenvalue weighted by Gasteiger charge is 2.25. The van der Waals surface area contributed by atoms with Gasteiger partial charge in [0.25, 0.3) is 0 Å². The third-order valence-corrected chi connectivity index (χ3v) is 4.90. The summed E-state index contributed by atoms with van der Waals surface area (Å²) >= 11 is 0. The quantitative estimate of drug-likeness (QED) is 0.809. The number of carbonyl (C=O) groups is 1. The van der Waals surface area contributed by atoms with Gasteiger partial charge in [-0.05, 0) is 50.8 Å². The number of rotatable bonds is 7. The van der Waals surface area contributed by atoms with E-state index in [1.54, 1.807) is 19.9 Å². The van der Waals surface area contributed by atoms with Crippen LogP contribution >= 0.6 is 0 Å². The number of sulfonamides is 1. The first-order chi connectivity index (χ1) is 9.51. The van der Waals surface area contributed by atoms with Crippen molar-refractivity contribution in [2.24, 2.45) is 0 Å². The maximum atomic E-state index is 12.2. The summed E-state index contributed by atoms with van der Waals surface area (Å²) < 4.78 is 27.0. The number of hydrogen-bond acceptors (Lipinski definition) is 3. The molecule has 0 aliphatic heterocycles. The van der Waals surface area contributed by atoms with E-state index in [0.717, 1.165) is 16.7 Å². The Morgan fingerprint density at radius 2 is 1.86 bits per heavy atom. The Kier molecular flexibility index (Phi) is 5.53. The summed E-state index contributed by atoms with van der Waals surface area (Å²) in [5.41, 5.74) is 2.11. The van der Waals surface area contributed by atoms with E-state index < -0.39 is 21.5 Å². The highest BCUT2D eigenvalue weighted by Crippen LogP contribution is 2.16. The van der Waals surface area contributed by atoms with Crippen molar-refractivity contribution in [1.29, 1.82) is 0 Å². The Balaban J connectivity index is 2.77. The van der Waals surface area contributed by atoms with Gasteiger partial charge < -0.3 is 5.11 Å². The molecule has 118 valence electrons. The molecule has 0 unspecified atom stereocenters. The van der Waals surface area contributed by atoms with Crippen LogP contribution in [0.5, 0.6) is 0 Å². The third kappa shape index (κ3) is 6.27. The van der Waals surface area contributed by atoms with E-state index in [9.17, 15) is 13.2 Å². The van der Waals surface area contributed by atoms with Crippen molar-refractivity contribution in [1.82, 2.24) is 4.72 Å². The first-order valence-corrected chi connectivity index (χ1v) is 8.45. The van der Waals surface area contributed by atoms with Crippen LogP contribution in [-0.2, 0) is 20.6 Å². The Labute approximate surface area is 126 Å². The number of carboxylic acids is 1. The van der Waals surface area contributed by atoms with Crippen LogP contribution in [0, 0.1) is 13.8 Å². The SMILES string of the molecule is Cc1ccc(CS(=O)(=O)NC(C)(C)CCC(=O)O)cc1C. The fourth-order valence-corrected chi connectivity index (χ4v) is 3.67. The molecular weight excluding hydrogens is 290 g/mol. The van der Waals surface area contributed by atoms with Crippen molar-refractivity contribution in [3.05, 3.63) is 34.9 Å². The van der Waals surface area contributed by atoms with Crippen molar-refractivity contribution >= 4 is 16.0 Å². The van der Waals surface area contributed by atoms with Crippen LogP contribution in [0.15, 0.2) is 18.2 Å². The first-order valence-electron chi connectivity index (χ1n) is 6.80. The highest BCUT2D eigenvalue weighted by atomic mass is 32.2. The van der Waals surface area contributed by atoms with Gasteiger partial charge in [0, 0.05) is 12.0 Å². The van der Waals surface area contributed by atoms with E-state index >= 15 is 0 Å². The molecule has 0 heterocycles. The second-order valence-electron chi connectivity index (χ2n) is 6.06. The van der Waals surface area contributed by atoms with Crippen molar-refractivity contribution < 1.29 is 18.3 Å². The summed E-state index contributed by atoms with van der Waals surface area (Å²) in [5, 5.41) is 8.69. The minimum atomic E-state index is -3.51. The molecule has 0 amide bonds. The molecule has 6 heteroatoms. The van der Waals surface area contributed by atoms with Gasteiger partial charge in [0.15, 0.2) is 0 Å². The van der Waals surface area contributed by atoms with Gasteiger partial charge in [-0.3, -0.25) is 4.79 Å². The lowest BCUT2D eigenvalue weighted by atomic mass is 10.0. The van der Waals surface area contributed by atoms with Gasteiger partial charge in [-0.15, -0.1) is 0 Å². The lowest BCUT2D eigenvalue weighted by Crippen LogP contribution is -2.44. The lowest BCUT2D eigenvalue weighted by Gasteiger charge is -2.25. The van der Waals surface area contributed by atoms with Crippen molar-refractivity contribution in [2.45, 2.75) is 51.8 Å². The molecule has 0 radical (unpaired) electrons. The Morgan fingerprint density at radius 1 is 1.24 bits per heavy atom. The minimum absolute atomic E-state index is 0.0703. The zero-order chi connectivity index (χ0) is 16.3. The number of nitrogens with one attached hydrogen (secondary N) is 1. The standard InChI is InChI=1S/C15H23NO4S/c1-11-5-6-13(9-12(11)2)10-21(19,20)16-15(3,4)8-7-14(17)18/h5-6,9,16H,7-8,10H2,1-4H3,(H,17,18). The van der Waals surface area contributed by atoms with Gasteiger partial charge in [-0.25, -0.2) is 13.1 Å². The van der Waals surface area contributed by atoms with Crippen LogP contribution < -0.4 is 4.72 Å². The Hall–Kier alpha value is -1.40. The van der Waals surface area contributed by atoms with E-state index in [1.807, 2.05) is 26.0 Å². The summed E-state index contributed by atoms with van der Waals surface area (Å²) in [5.74, 6) is -1.04. The number of carboxylic acid groups (broad SMARTS) is 1. The van der Waals surface area contributed by atoms with Crippen LogP contribution in [0.25, 0.3) is 0 Å². The molecule has 0 spiro atoms. The summed E-state index contributed by atoms with van der Waals surface area (Å²) in [4.78, 5) is 10.6. The molecule has 1 aromatic carbocycles. The molecule has 0 atom stereocenters. The molecule has 0 aliphatic rings. The van der Waals surface area contributed by atoms with Crippen molar-refractivity contribution in [2.75, 3.05) is 0 Å². The summed E-state index contributed by atoms with van der Waals surface area (Å²) in [7, 11) is -3.51. The molecule has 2 N–H and O–H groups in total. The minimum Gasteiger partial charge on any atom is -0.481 e. The predicted octanol–water partition coefficient (Wildman–Crippen LogP) is 2.37. The second-order valence-corrected chi connectivity index (χ2v) is 7.78. The Bertz CT molecular complexity index is 621. The van der Waals surface area contributed by atoms with Gasteiger partial charge in [-0.1, -0.05) is 18.2 Å². The zero-order valence-electron chi connectivity index (χ0n) is 12.9. The molecule has 0 saturated carbocycles. The van der Waals surface area contributed by atoms with Crippen LogP contribution in [0.3, 0.4) is 0 Å². The monoisotopic (exact) mass is 313 g/mol. The second kappa shape index (κ2) is 6.58. The molecule has 0 aromatic heterocycles. The molecule has 1 aromatic rings. The number of hydrogen-bond donors (Lipinski definition) is 2.